The van der Waals surface area contributed by atoms with Crippen LogP contribution in [0.25, 0.3) is 0 Å². The van der Waals surface area contributed by atoms with Crippen molar-refractivity contribution in [2.45, 2.75) is 19.3 Å². The number of hydrogen-bond donors (Lipinski definition) is 0. The van der Waals surface area contributed by atoms with Crippen LogP contribution in [-0.2, 0) is 0 Å². The minimum Gasteiger partial charge on any atom is -0.369 e. The number of hydrogen-bond acceptors (Lipinski definition) is 4. The monoisotopic (exact) mass is 164 g/mol. The van der Waals surface area contributed by atoms with E-state index in [0.29, 0.717) is 0 Å². The van der Waals surface area contributed by atoms with E-state index in [0.717, 1.165) is 18.8 Å². The van der Waals surface area contributed by atoms with Gasteiger partial charge in [-0.05, 0) is 24.5 Å². The van der Waals surface area contributed by atoms with Crippen LogP contribution in [-0.4, -0.2) is 28.5 Å². The van der Waals surface area contributed by atoms with E-state index in [1.165, 1.54) is 19.3 Å². The van der Waals surface area contributed by atoms with Gasteiger partial charge in [0.2, 0.25) is 0 Å². The van der Waals surface area contributed by atoms with Crippen LogP contribution >= 0.6 is 0 Å². The molecule has 2 heterocycles. The molecule has 0 radical (unpaired) electrons. The highest BCUT2D eigenvalue weighted by Gasteiger charge is 2.10. The minimum atomic E-state index is 1.10. The third-order valence-corrected chi connectivity index (χ3v) is 2.20. The highest BCUT2D eigenvalue weighted by Crippen LogP contribution is 2.16. The Balaban J connectivity index is 2.08. The molecule has 1 saturated heterocycles. The molecule has 1 aliphatic heterocycles. The standard InChI is InChI=1S/C8H12N4/c1-2-4-12(5-3-1)8-6-9-11-10-7-8/h6-7H,1-5H2. The molecule has 2 rings (SSSR count). The minimum absolute atomic E-state index is 1.10. The molecule has 64 valence electrons. The first-order valence-corrected chi connectivity index (χ1v) is 4.35. The summed E-state index contributed by atoms with van der Waals surface area (Å²) in [5.41, 5.74) is 1.10. The summed E-state index contributed by atoms with van der Waals surface area (Å²) in [7, 11) is 0. The van der Waals surface area contributed by atoms with Gasteiger partial charge in [-0.15, -0.1) is 10.2 Å². The lowest BCUT2D eigenvalue weighted by Crippen LogP contribution is -2.29. The largest absolute Gasteiger partial charge is 0.369 e. The lowest BCUT2D eigenvalue weighted by atomic mass is 10.1. The first-order chi connectivity index (χ1) is 5.97. The topological polar surface area (TPSA) is 41.9 Å². The zero-order valence-electron chi connectivity index (χ0n) is 6.98. The molecule has 12 heavy (non-hydrogen) atoms. The van der Waals surface area contributed by atoms with Crippen LogP contribution in [0.2, 0.25) is 0 Å². The molecule has 4 nitrogen and oxygen atoms in total. The van der Waals surface area contributed by atoms with Crippen LogP contribution in [0.4, 0.5) is 5.69 Å². The van der Waals surface area contributed by atoms with Crippen molar-refractivity contribution in [3.05, 3.63) is 12.4 Å². The fourth-order valence-corrected chi connectivity index (χ4v) is 1.55. The molecule has 0 unspecified atom stereocenters. The molecule has 0 aromatic carbocycles. The van der Waals surface area contributed by atoms with Crippen molar-refractivity contribution < 1.29 is 0 Å². The lowest BCUT2D eigenvalue weighted by molar-refractivity contribution is 0.575. The SMILES string of the molecule is c1nnncc1N1CCCCC1. The number of anilines is 1. The Morgan fingerprint density at radius 3 is 2.33 bits per heavy atom. The second-order valence-corrected chi connectivity index (χ2v) is 3.05. The number of aromatic nitrogens is 3. The van der Waals surface area contributed by atoms with E-state index in [9.17, 15) is 0 Å². The van der Waals surface area contributed by atoms with Crippen molar-refractivity contribution in [1.82, 2.24) is 15.4 Å². The van der Waals surface area contributed by atoms with Crippen molar-refractivity contribution in [3.63, 3.8) is 0 Å². The summed E-state index contributed by atoms with van der Waals surface area (Å²) in [4.78, 5) is 2.31. The van der Waals surface area contributed by atoms with E-state index in [4.69, 9.17) is 0 Å². The fraction of sp³-hybridized carbons (Fsp3) is 0.625. The molecule has 1 fully saturated rings. The molecular weight excluding hydrogens is 152 g/mol. The molecule has 0 amide bonds. The summed E-state index contributed by atoms with van der Waals surface area (Å²) in [6.45, 7) is 2.26. The molecule has 4 heteroatoms. The van der Waals surface area contributed by atoms with Gasteiger partial charge >= 0.3 is 0 Å². The van der Waals surface area contributed by atoms with Crippen molar-refractivity contribution in [2.75, 3.05) is 18.0 Å². The Morgan fingerprint density at radius 1 is 1.00 bits per heavy atom. The van der Waals surface area contributed by atoms with Gasteiger partial charge in [-0.2, -0.15) is 0 Å². The molecule has 1 aromatic heterocycles. The summed E-state index contributed by atoms with van der Waals surface area (Å²) < 4.78 is 0. The molecule has 0 spiro atoms. The Morgan fingerprint density at radius 2 is 1.67 bits per heavy atom. The molecule has 0 saturated carbocycles. The average Bonchev–Trinajstić information content (AvgIpc) is 2.21. The van der Waals surface area contributed by atoms with Crippen LogP contribution in [0.1, 0.15) is 19.3 Å². The zero-order chi connectivity index (χ0) is 8.23. The summed E-state index contributed by atoms with van der Waals surface area (Å²) in [5, 5.41) is 11.0. The molecule has 0 aliphatic carbocycles. The summed E-state index contributed by atoms with van der Waals surface area (Å²) >= 11 is 0. The van der Waals surface area contributed by atoms with Gasteiger partial charge in [0, 0.05) is 13.1 Å². The van der Waals surface area contributed by atoms with Gasteiger partial charge in [-0.3, -0.25) is 0 Å². The molecule has 1 aromatic rings. The van der Waals surface area contributed by atoms with Gasteiger partial charge in [0.15, 0.2) is 0 Å². The maximum absolute atomic E-state index is 3.76. The number of rotatable bonds is 1. The molecule has 0 N–H and O–H groups in total. The third-order valence-electron chi connectivity index (χ3n) is 2.20. The van der Waals surface area contributed by atoms with E-state index in [-0.39, 0.29) is 0 Å². The average molecular weight is 164 g/mol. The summed E-state index contributed by atoms with van der Waals surface area (Å²) in [6, 6.07) is 0. The van der Waals surface area contributed by atoms with E-state index < -0.39 is 0 Å². The van der Waals surface area contributed by atoms with Gasteiger partial charge in [0.05, 0.1) is 18.1 Å². The quantitative estimate of drug-likeness (QED) is 0.617. The van der Waals surface area contributed by atoms with E-state index in [1.807, 2.05) is 0 Å². The van der Waals surface area contributed by atoms with Crippen LogP contribution in [0.15, 0.2) is 12.4 Å². The first kappa shape index (κ1) is 7.46. The molecule has 0 bridgehead atoms. The van der Waals surface area contributed by atoms with Crippen molar-refractivity contribution in [2.24, 2.45) is 0 Å². The normalized spacial score (nSPS) is 17.8. The van der Waals surface area contributed by atoms with E-state index in [1.54, 1.807) is 12.4 Å². The van der Waals surface area contributed by atoms with Crippen molar-refractivity contribution in [3.8, 4) is 0 Å². The summed E-state index contributed by atoms with van der Waals surface area (Å²) in [6.07, 6.45) is 7.46. The Bertz CT molecular complexity index is 230. The predicted octanol–water partition coefficient (Wildman–Crippen LogP) is 0.862. The fourth-order valence-electron chi connectivity index (χ4n) is 1.55. The number of nitrogens with zero attached hydrogens (tertiary/aromatic N) is 4. The van der Waals surface area contributed by atoms with Gasteiger partial charge in [0.25, 0.3) is 0 Å². The van der Waals surface area contributed by atoms with E-state index >= 15 is 0 Å². The van der Waals surface area contributed by atoms with Crippen LogP contribution in [0.3, 0.4) is 0 Å². The Hall–Kier alpha value is -1.19. The predicted molar refractivity (Wildman–Crippen MR) is 45.9 cm³/mol. The maximum Gasteiger partial charge on any atom is 0.0777 e. The third kappa shape index (κ3) is 1.52. The van der Waals surface area contributed by atoms with Crippen molar-refractivity contribution in [1.29, 1.82) is 0 Å². The molecule has 0 atom stereocenters. The number of piperidine rings is 1. The highest BCUT2D eigenvalue weighted by atomic mass is 15.3. The van der Waals surface area contributed by atoms with Gasteiger partial charge in [-0.1, -0.05) is 0 Å². The second-order valence-electron chi connectivity index (χ2n) is 3.05. The summed E-state index contributed by atoms with van der Waals surface area (Å²) in [5.74, 6) is 0. The maximum atomic E-state index is 3.76. The Kier molecular flexibility index (Phi) is 2.16. The highest BCUT2D eigenvalue weighted by molar-refractivity contribution is 5.41. The van der Waals surface area contributed by atoms with E-state index in [2.05, 4.69) is 20.3 Å². The van der Waals surface area contributed by atoms with Crippen LogP contribution < -0.4 is 4.90 Å². The second kappa shape index (κ2) is 3.47. The van der Waals surface area contributed by atoms with Crippen LogP contribution in [0, 0.1) is 0 Å². The zero-order valence-corrected chi connectivity index (χ0v) is 6.98. The smallest absolute Gasteiger partial charge is 0.0777 e. The molecular formula is C8H12N4. The van der Waals surface area contributed by atoms with Gasteiger partial charge in [-0.25, -0.2) is 0 Å². The first-order valence-electron chi connectivity index (χ1n) is 4.35. The van der Waals surface area contributed by atoms with Gasteiger partial charge < -0.3 is 4.90 Å². The lowest BCUT2D eigenvalue weighted by Gasteiger charge is -2.27. The van der Waals surface area contributed by atoms with Crippen molar-refractivity contribution >= 4 is 5.69 Å². The van der Waals surface area contributed by atoms with Gasteiger partial charge in [0.1, 0.15) is 0 Å². The molecule has 1 aliphatic rings. The van der Waals surface area contributed by atoms with Crippen LogP contribution in [0.5, 0.6) is 0 Å². The Labute approximate surface area is 71.6 Å².